The molecule has 0 aromatic heterocycles. The molecule has 0 aliphatic heterocycles. The smallest absolute Gasteiger partial charge is 0.0334 e. The lowest BCUT2D eigenvalue weighted by molar-refractivity contribution is 0.261. The number of likely N-dealkylation sites (N-methyl/N-ethyl adjacent to an activating group) is 1. The lowest BCUT2D eigenvalue weighted by Gasteiger charge is -2.34. The number of hydrogen-bond donors (Lipinski definition) is 2. The van der Waals surface area contributed by atoms with Crippen LogP contribution in [-0.2, 0) is 0 Å². The highest BCUT2D eigenvalue weighted by molar-refractivity contribution is 5.04. The Morgan fingerprint density at radius 2 is 2.08 bits per heavy atom. The molecule has 1 aliphatic rings. The SMILES string of the molecule is CCNC1(CN)CC(C)(C)CC1C. The van der Waals surface area contributed by atoms with Gasteiger partial charge in [0.1, 0.15) is 0 Å². The molecule has 0 aromatic carbocycles. The molecule has 2 heteroatoms. The summed E-state index contributed by atoms with van der Waals surface area (Å²) in [7, 11) is 0. The van der Waals surface area contributed by atoms with E-state index in [1.165, 1.54) is 12.8 Å². The van der Waals surface area contributed by atoms with Crippen molar-refractivity contribution in [3.8, 4) is 0 Å². The van der Waals surface area contributed by atoms with Gasteiger partial charge >= 0.3 is 0 Å². The van der Waals surface area contributed by atoms with E-state index < -0.39 is 0 Å². The third-order valence-electron chi connectivity index (χ3n) is 3.49. The first-order valence-corrected chi connectivity index (χ1v) is 5.41. The van der Waals surface area contributed by atoms with Gasteiger partial charge in [-0.05, 0) is 30.7 Å². The van der Waals surface area contributed by atoms with Gasteiger partial charge in [-0.2, -0.15) is 0 Å². The molecule has 0 radical (unpaired) electrons. The zero-order valence-corrected chi connectivity index (χ0v) is 9.48. The molecule has 3 N–H and O–H groups in total. The minimum atomic E-state index is 0.207. The van der Waals surface area contributed by atoms with Gasteiger partial charge in [-0.3, -0.25) is 0 Å². The molecule has 0 aromatic rings. The molecule has 1 saturated carbocycles. The van der Waals surface area contributed by atoms with Gasteiger partial charge in [0.25, 0.3) is 0 Å². The highest BCUT2D eigenvalue weighted by Crippen LogP contribution is 2.46. The van der Waals surface area contributed by atoms with E-state index in [2.05, 4.69) is 33.0 Å². The van der Waals surface area contributed by atoms with Crippen molar-refractivity contribution in [3.05, 3.63) is 0 Å². The van der Waals surface area contributed by atoms with Gasteiger partial charge in [-0.25, -0.2) is 0 Å². The van der Waals surface area contributed by atoms with E-state index in [1.807, 2.05) is 0 Å². The second-order valence-corrected chi connectivity index (χ2v) is 5.34. The molecule has 0 heterocycles. The second-order valence-electron chi connectivity index (χ2n) is 5.34. The predicted molar refractivity (Wildman–Crippen MR) is 57.6 cm³/mol. The van der Waals surface area contributed by atoms with Crippen LogP contribution in [0.3, 0.4) is 0 Å². The Balaban J connectivity index is 2.76. The molecule has 2 atom stereocenters. The first-order chi connectivity index (χ1) is 5.96. The Morgan fingerprint density at radius 1 is 1.46 bits per heavy atom. The summed E-state index contributed by atoms with van der Waals surface area (Å²) in [6, 6.07) is 0. The van der Waals surface area contributed by atoms with E-state index in [0.717, 1.165) is 13.1 Å². The average molecular weight is 184 g/mol. The van der Waals surface area contributed by atoms with Gasteiger partial charge in [0.05, 0.1) is 0 Å². The molecule has 0 amide bonds. The molecular formula is C11H24N2. The molecule has 0 saturated heterocycles. The van der Waals surface area contributed by atoms with E-state index in [-0.39, 0.29) is 5.54 Å². The van der Waals surface area contributed by atoms with Gasteiger partial charge < -0.3 is 11.1 Å². The van der Waals surface area contributed by atoms with Crippen molar-refractivity contribution in [3.63, 3.8) is 0 Å². The fourth-order valence-electron chi connectivity index (χ4n) is 3.06. The minimum absolute atomic E-state index is 0.207. The zero-order valence-electron chi connectivity index (χ0n) is 9.48. The van der Waals surface area contributed by atoms with Crippen molar-refractivity contribution in [1.82, 2.24) is 5.32 Å². The quantitative estimate of drug-likeness (QED) is 0.701. The molecule has 0 bridgehead atoms. The summed E-state index contributed by atoms with van der Waals surface area (Å²) in [6.07, 6.45) is 2.50. The van der Waals surface area contributed by atoms with Crippen molar-refractivity contribution in [2.24, 2.45) is 17.1 Å². The number of rotatable bonds is 3. The number of hydrogen-bond acceptors (Lipinski definition) is 2. The van der Waals surface area contributed by atoms with E-state index in [1.54, 1.807) is 0 Å². The third-order valence-corrected chi connectivity index (χ3v) is 3.49. The summed E-state index contributed by atoms with van der Waals surface area (Å²) in [5.41, 5.74) is 6.57. The fraction of sp³-hybridized carbons (Fsp3) is 1.00. The molecule has 2 unspecified atom stereocenters. The average Bonchev–Trinajstić information content (AvgIpc) is 2.23. The second kappa shape index (κ2) is 3.58. The zero-order chi connectivity index (χ0) is 10.1. The Bertz CT molecular complexity index is 177. The topological polar surface area (TPSA) is 38.0 Å². The summed E-state index contributed by atoms with van der Waals surface area (Å²) in [5.74, 6) is 0.701. The van der Waals surface area contributed by atoms with Crippen LogP contribution in [0.4, 0.5) is 0 Å². The lowest BCUT2D eigenvalue weighted by atomic mass is 9.86. The Hall–Kier alpha value is -0.0800. The van der Waals surface area contributed by atoms with E-state index in [4.69, 9.17) is 5.73 Å². The van der Waals surface area contributed by atoms with Crippen molar-refractivity contribution >= 4 is 0 Å². The molecule has 13 heavy (non-hydrogen) atoms. The summed E-state index contributed by atoms with van der Waals surface area (Å²) >= 11 is 0. The van der Waals surface area contributed by atoms with E-state index in [0.29, 0.717) is 11.3 Å². The van der Waals surface area contributed by atoms with Gasteiger partial charge in [0, 0.05) is 12.1 Å². The highest BCUT2D eigenvalue weighted by Gasteiger charge is 2.46. The molecule has 2 nitrogen and oxygen atoms in total. The van der Waals surface area contributed by atoms with Gasteiger partial charge in [0.15, 0.2) is 0 Å². The fourth-order valence-corrected chi connectivity index (χ4v) is 3.06. The minimum Gasteiger partial charge on any atom is -0.329 e. The maximum atomic E-state index is 5.90. The van der Waals surface area contributed by atoms with Crippen molar-refractivity contribution in [1.29, 1.82) is 0 Å². The van der Waals surface area contributed by atoms with Crippen molar-refractivity contribution < 1.29 is 0 Å². The monoisotopic (exact) mass is 184 g/mol. The van der Waals surface area contributed by atoms with Crippen molar-refractivity contribution in [2.45, 2.75) is 46.1 Å². The van der Waals surface area contributed by atoms with Crippen LogP contribution in [0, 0.1) is 11.3 Å². The maximum Gasteiger partial charge on any atom is 0.0334 e. The van der Waals surface area contributed by atoms with Crippen LogP contribution in [0.2, 0.25) is 0 Å². The van der Waals surface area contributed by atoms with Crippen LogP contribution in [0.15, 0.2) is 0 Å². The van der Waals surface area contributed by atoms with E-state index >= 15 is 0 Å². The molecule has 1 aliphatic carbocycles. The van der Waals surface area contributed by atoms with Crippen LogP contribution in [0.25, 0.3) is 0 Å². The maximum absolute atomic E-state index is 5.90. The molecule has 1 rings (SSSR count). The first-order valence-electron chi connectivity index (χ1n) is 5.41. The summed E-state index contributed by atoms with van der Waals surface area (Å²) in [5, 5.41) is 3.59. The van der Waals surface area contributed by atoms with Gasteiger partial charge in [-0.15, -0.1) is 0 Å². The van der Waals surface area contributed by atoms with Crippen LogP contribution >= 0.6 is 0 Å². The Kier molecular flexibility index (Phi) is 3.03. The Morgan fingerprint density at radius 3 is 2.38 bits per heavy atom. The highest BCUT2D eigenvalue weighted by atomic mass is 15.0. The normalized spacial score (nSPS) is 38.1. The number of nitrogens with one attached hydrogen (secondary N) is 1. The third kappa shape index (κ3) is 2.05. The first kappa shape index (κ1) is 11.0. The largest absolute Gasteiger partial charge is 0.329 e. The molecule has 1 fully saturated rings. The van der Waals surface area contributed by atoms with Gasteiger partial charge in [-0.1, -0.05) is 27.7 Å². The summed E-state index contributed by atoms with van der Waals surface area (Å²) in [4.78, 5) is 0. The van der Waals surface area contributed by atoms with Crippen LogP contribution < -0.4 is 11.1 Å². The van der Waals surface area contributed by atoms with E-state index in [9.17, 15) is 0 Å². The molecular weight excluding hydrogens is 160 g/mol. The Labute approximate surface area is 82.3 Å². The molecule has 78 valence electrons. The standard InChI is InChI=1S/C11H24N2/c1-5-13-11(8-12)7-10(3,4)6-9(11)2/h9,13H,5-8,12H2,1-4H3. The predicted octanol–water partition coefficient (Wildman–Crippen LogP) is 1.75. The molecule has 0 spiro atoms. The van der Waals surface area contributed by atoms with Gasteiger partial charge in [0.2, 0.25) is 0 Å². The number of nitrogens with two attached hydrogens (primary N) is 1. The van der Waals surface area contributed by atoms with Crippen molar-refractivity contribution in [2.75, 3.05) is 13.1 Å². The summed E-state index contributed by atoms with van der Waals surface area (Å²) in [6.45, 7) is 11.0. The van der Waals surface area contributed by atoms with Crippen LogP contribution in [0.1, 0.15) is 40.5 Å². The lowest BCUT2D eigenvalue weighted by Crippen LogP contribution is -2.53. The summed E-state index contributed by atoms with van der Waals surface area (Å²) < 4.78 is 0. The van der Waals surface area contributed by atoms with Crippen LogP contribution in [0.5, 0.6) is 0 Å². The van der Waals surface area contributed by atoms with Crippen LogP contribution in [-0.4, -0.2) is 18.6 Å².